The van der Waals surface area contributed by atoms with Gasteiger partial charge in [-0.2, -0.15) is 0 Å². The molecule has 10 aliphatic rings. The van der Waals surface area contributed by atoms with E-state index in [1.54, 1.807) is 28.3 Å². The van der Waals surface area contributed by atoms with Crippen LogP contribution in [-0.2, 0) is 80.6 Å². The fourth-order valence-corrected chi connectivity index (χ4v) is 15.3. The van der Waals surface area contributed by atoms with Crippen LogP contribution in [0.3, 0.4) is 0 Å². The molecule has 434 valence electrons. The molecule has 21 nitrogen and oxygen atoms in total. The number of Topliss-reactive ketones (excluding diaryl/α,β-unsaturated/α-hetero) is 1. The number of aliphatic hydroxyl groups excluding tert-OH is 4. The molecular formula is C55H88O21. The molecule has 0 amide bonds. The fourth-order valence-electron chi connectivity index (χ4n) is 15.3. The molecule has 0 radical (unpaired) electrons. The zero-order chi connectivity index (χ0) is 54.2. The predicted octanol–water partition coefficient (Wildman–Crippen LogP) is 3.34. The third-order valence-electron chi connectivity index (χ3n) is 19.7. The van der Waals surface area contributed by atoms with E-state index in [0.717, 1.165) is 32.1 Å². The summed E-state index contributed by atoms with van der Waals surface area (Å²) in [7, 11) is 6.48. The highest BCUT2D eigenvalue weighted by molar-refractivity contribution is 5.88. The van der Waals surface area contributed by atoms with Gasteiger partial charge in [-0.05, 0) is 79.1 Å². The Hall–Kier alpha value is -1.39. The van der Waals surface area contributed by atoms with E-state index < -0.39 is 135 Å². The minimum atomic E-state index is -1.59. The lowest BCUT2D eigenvalue weighted by molar-refractivity contribution is -0.358. The van der Waals surface area contributed by atoms with Crippen LogP contribution in [0.1, 0.15) is 119 Å². The molecule has 3 aliphatic carbocycles. The van der Waals surface area contributed by atoms with Gasteiger partial charge in [-0.1, -0.05) is 18.6 Å². The van der Waals surface area contributed by atoms with Crippen LogP contribution in [0.5, 0.6) is 0 Å². The molecule has 76 heavy (non-hydrogen) atoms. The number of hydrogen-bond donors (Lipinski definition) is 4. The van der Waals surface area contributed by atoms with Crippen molar-refractivity contribution in [3.05, 3.63) is 11.6 Å². The van der Waals surface area contributed by atoms with Crippen LogP contribution in [0.4, 0.5) is 0 Å². The van der Waals surface area contributed by atoms with Gasteiger partial charge in [0, 0.05) is 78.8 Å². The van der Waals surface area contributed by atoms with Crippen molar-refractivity contribution in [1.29, 1.82) is 0 Å². The van der Waals surface area contributed by atoms with Crippen LogP contribution in [0.2, 0.25) is 0 Å². The molecule has 2 bridgehead atoms. The van der Waals surface area contributed by atoms with E-state index in [0.29, 0.717) is 37.9 Å². The highest BCUT2D eigenvalue weighted by atomic mass is 16.8. The minimum absolute atomic E-state index is 0.0240. The quantitative estimate of drug-likeness (QED) is 0.172. The number of ketones is 1. The lowest BCUT2D eigenvalue weighted by Gasteiger charge is -2.53. The van der Waals surface area contributed by atoms with Gasteiger partial charge in [0.1, 0.15) is 54.6 Å². The number of fused-ring (bicyclic) bond motifs is 5. The zero-order valence-electron chi connectivity index (χ0n) is 46.3. The molecule has 4 N–H and O–H groups in total. The molecule has 9 fully saturated rings. The van der Waals surface area contributed by atoms with Gasteiger partial charge in [0.05, 0.1) is 79.2 Å². The number of carbonyl (C=O) groups is 1. The molecule has 0 aromatic heterocycles. The Morgan fingerprint density at radius 1 is 0.592 bits per heavy atom. The maximum absolute atomic E-state index is 13.4. The normalized spacial score (nSPS) is 53.6. The Bertz CT molecular complexity index is 2010. The first-order valence-corrected chi connectivity index (χ1v) is 28.2. The lowest BCUT2D eigenvalue weighted by atomic mass is 9.56. The molecule has 0 aromatic carbocycles. The summed E-state index contributed by atoms with van der Waals surface area (Å²) in [6, 6.07) is 0. The molecule has 0 aromatic rings. The predicted molar refractivity (Wildman–Crippen MR) is 264 cm³/mol. The Kier molecular flexibility index (Phi) is 17.6. The Balaban J connectivity index is 0.696. The van der Waals surface area contributed by atoms with Crippen LogP contribution in [0.15, 0.2) is 11.6 Å². The van der Waals surface area contributed by atoms with Crippen LogP contribution in [0, 0.1) is 22.7 Å². The summed E-state index contributed by atoms with van der Waals surface area (Å²) < 4.78 is 102. The summed E-state index contributed by atoms with van der Waals surface area (Å²) >= 11 is 0. The smallest absolute Gasteiger partial charge is 0.187 e. The Labute approximate surface area is 447 Å². The second-order valence-electron chi connectivity index (χ2n) is 24.0. The summed E-state index contributed by atoms with van der Waals surface area (Å²) in [6.45, 7) is 13.7. The Morgan fingerprint density at radius 2 is 1.08 bits per heavy atom. The van der Waals surface area contributed by atoms with Crippen LogP contribution < -0.4 is 0 Å². The number of aliphatic hydroxyl groups is 4. The standard InChI is InChI=1S/C55H88O21/c1-25-32-12-13-39(57)54(32,7)40-23-38-53(6)16-15-31(18-30(53)14-17-55(38,75-25)76-40)69-41-19-33(61-8)48(26(2)65-41)71-42-20-34(62-9)49(27(3)66-42)72-43-21-35(63-10)50(28(4)67-43)73-44-22-36(64-11)51(29(5)68-44)74-52-47(60)46(59)45(58)37(24-56)70-52/h14,25-29,31-38,40-52,56,58-60H,12-13,15-24H2,1-11H3. The summed E-state index contributed by atoms with van der Waals surface area (Å²) in [5.41, 5.74) is 0.775. The number of ether oxygens (including phenoxy) is 16. The second-order valence-corrected chi connectivity index (χ2v) is 24.0. The van der Waals surface area contributed by atoms with Crippen molar-refractivity contribution in [3.8, 4) is 0 Å². The third-order valence-corrected chi connectivity index (χ3v) is 19.7. The van der Waals surface area contributed by atoms with Crippen LogP contribution in [0.25, 0.3) is 0 Å². The van der Waals surface area contributed by atoms with E-state index >= 15 is 0 Å². The molecule has 2 saturated carbocycles. The van der Waals surface area contributed by atoms with E-state index in [2.05, 4.69) is 26.8 Å². The average molecular weight is 1090 g/mol. The molecular weight excluding hydrogens is 997 g/mol. The van der Waals surface area contributed by atoms with Gasteiger partial charge in [0.15, 0.2) is 37.2 Å². The molecule has 1 spiro atoms. The van der Waals surface area contributed by atoms with E-state index in [1.165, 1.54) is 12.7 Å². The maximum atomic E-state index is 13.4. The van der Waals surface area contributed by atoms with E-state index in [1.807, 2.05) is 20.8 Å². The first-order chi connectivity index (χ1) is 36.3. The monoisotopic (exact) mass is 1080 g/mol. The first kappa shape index (κ1) is 57.8. The number of rotatable bonds is 15. The van der Waals surface area contributed by atoms with Gasteiger partial charge < -0.3 is 96.2 Å². The molecule has 21 heteroatoms. The van der Waals surface area contributed by atoms with Crippen molar-refractivity contribution < 1.29 is 101 Å². The van der Waals surface area contributed by atoms with Crippen molar-refractivity contribution in [2.45, 2.75) is 272 Å². The first-order valence-electron chi connectivity index (χ1n) is 28.2. The number of methoxy groups -OCH3 is 4. The SMILES string of the molecule is COC1CC(OC2CCC3(C)C(=CCC45OC(C)C6CCC(=O)C6(C)C(CC43)O5)C2)OC(C)C1OC1CC(OC)C(OC2CC(OC)C(OC3CC(OC)C(OC4OC(CO)C(O)C(O)C4O)C(C)O3)C(C)O2)C(C)O1. The molecule has 7 heterocycles. The zero-order valence-corrected chi connectivity index (χ0v) is 46.3. The molecule has 29 unspecified atom stereocenters. The van der Waals surface area contributed by atoms with Crippen LogP contribution >= 0.6 is 0 Å². The number of carbonyl (C=O) groups excluding carboxylic acids is 1. The molecule has 10 rings (SSSR count). The highest BCUT2D eigenvalue weighted by Gasteiger charge is 2.69. The summed E-state index contributed by atoms with van der Waals surface area (Å²) in [5.74, 6) is -0.00615. The van der Waals surface area contributed by atoms with Gasteiger partial charge in [-0.15, -0.1) is 0 Å². The average Bonchev–Trinajstić information content (AvgIpc) is 4.02. The van der Waals surface area contributed by atoms with Crippen molar-refractivity contribution in [1.82, 2.24) is 0 Å². The van der Waals surface area contributed by atoms with Crippen LogP contribution in [-0.4, -0.2) is 214 Å². The number of hydrogen-bond acceptors (Lipinski definition) is 21. The highest BCUT2D eigenvalue weighted by Crippen LogP contribution is 2.66. The lowest BCUT2D eigenvalue weighted by Crippen LogP contribution is -2.62. The molecule has 7 saturated heterocycles. The fraction of sp³-hybridized carbons (Fsp3) is 0.945. The van der Waals surface area contributed by atoms with Crippen molar-refractivity contribution in [2.24, 2.45) is 22.7 Å². The summed E-state index contributed by atoms with van der Waals surface area (Å²) in [5, 5.41) is 40.8. The third kappa shape index (κ3) is 10.6. The molecule has 29 atom stereocenters. The maximum Gasteiger partial charge on any atom is 0.187 e. The van der Waals surface area contributed by atoms with Gasteiger partial charge >= 0.3 is 0 Å². The van der Waals surface area contributed by atoms with Crippen molar-refractivity contribution in [3.63, 3.8) is 0 Å². The van der Waals surface area contributed by atoms with E-state index in [9.17, 15) is 25.2 Å². The van der Waals surface area contributed by atoms with Crippen molar-refractivity contribution in [2.75, 3.05) is 35.0 Å². The van der Waals surface area contributed by atoms with Gasteiger partial charge in [-0.25, -0.2) is 0 Å². The summed E-state index contributed by atoms with van der Waals surface area (Å²) in [4.78, 5) is 13.4. The minimum Gasteiger partial charge on any atom is -0.394 e. The van der Waals surface area contributed by atoms with Gasteiger partial charge in [0.25, 0.3) is 0 Å². The molecule has 7 aliphatic heterocycles. The largest absolute Gasteiger partial charge is 0.394 e. The summed E-state index contributed by atoms with van der Waals surface area (Å²) in [6.07, 6.45) is -6.41. The van der Waals surface area contributed by atoms with Gasteiger partial charge in [-0.3, -0.25) is 4.79 Å². The van der Waals surface area contributed by atoms with E-state index in [4.69, 9.17) is 75.8 Å². The van der Waals surface area contributed by atoms with Gasteiger partial charge in [0.2, 0.25) is 0 Å². The van der Waals surface area contributed by atoms with Crippen molar-refractivity contribution >= 4 is 5.78 Å². The van der Waals surface area contributed by atoms with E-state index in [-0.39, 0.29) is 54.2 Å². The Morgan fingerprint density at radius 3 is 1.57 bits per heavy atom. The second kappa shape index (κ2) is 23.1. The topological polar surface area (TPSA) is 246 Å².